The van der Waals surface area contributed by atoms with Crippen LogP contribution in [0.4, 0.5) is 5.82 Å². The summed E-state index contributed by atoms with van der Waals surface area (Å²) in [6, 6.07) is 9.27. The second-order valence-corrected chi connectivity index (χ2v) is 5.56. The fourth-order valence-electron chi connectivity index (χ4n) is 1.97. The van der Waals surface area contributed by atoms with Crippen LogP contribution in [-0.2, 0) is 0 Å². The van der Waals surface area contributed by atoms with E-state index in [-0.39, 0.29) is 18.2 Å². The number of likely N-dealkylation sites (N-methyl/N-ethyl adjacent to an activating group) is 1. The number of hydrogen-bond donors (Lipinski definition) is 3. The number of nitrogen functional groups attached to an aromatic ring is 1. The van der Waals surface area contributed by atoms with E-state index in [4.69, 9.17) is 5.84 Å². The lowest BCUT2D eigenvalue weighted by atomic mass is 10.0. The summed E-state index contributed by atoms with van der Waals surface area (Å²) < 4.78 is 0. The molecule has 6 heteroatoms. The maximum absolute atomic E-state index is 12.5. The summed E-state index contributed by atoms with van der Waals surface area (Å²) in [6.07, 6.45) is 0. The second kappa shape index (κ2) is 5.67. The molecule has 0 aliphatic heterocycles. The third-order valence-electron chi connectivity index (χ3n) is 3.70. The quantitative estimate of drug-likeness (QED) is 0.583. The first-order valence-electron chi connectivity index (χ1n) is 6.66. The molecule has 2 aromatic rings. The van der Waals surface area contributed by atoms with Crippen LogP contribution in [0.1, 0.15) is 24.3 Å². The summed E-state index contributed by atoms with van der Waals surface area (Å²) in [4.78, 5) is 18.3. The number of anilines is 1. The Kier molecular flexibility index (Phi) is 4.11. The highest BCUT2D eigenvalue weighted by Crippen LogP contribution is 2.23. The van der Waals surface area contributed by atoms with Gasteiger partial charge in [0.25, 0.3) is 5.91 Å². The van der Waals surface area contributed by atoms with Gasteiger partial charge in [0, 0.05) is 12.4 Å². The number of aromatic nitrogens is 1. The van der Waals surface area contributed by atoms with E-state index >= 15 is 0 Å². The molecule has 0 aliphatic carbocycles. The van der Waals surface area contributed by atoms with Crippen molar-refractivity contribution in [2.75, 3.05) is 19.1 Å². The fourth-order valence-corrected chi connectivity index (χ4v) is 1.97. The smallest absolute Gasteiger partial charge is 0.272 e. The molecular weight excluding hydrogens is 268 g/mol. The van der Waals surface area contributed by atoms with Gasteiger partial charge in [-0.15, -0.1) is 0 Å². The highest BCUT2D eigenvalue weighted by Gasteiger charge is 2.28. The van der Waals surface area contributed by atoms with Crippen LogP contribution >= 0.6 is 0 Å². The van der Waals surface area contributed by atoms with E-state index in [1.54, 1.807) is 27.0 Å². The summed E-state index contributed by atoms with van der Waals surface area (Å²) in [5.74, 6) is 5.68. The maximum Gasteiger partial charge on any atom is 0.272 e. The number of carbonyl (C=O) groups excluding carboxylic acids is 1. The zero-order chi connectivity index (χ0) is 15.6. The molecule has 1 amide bonds. The minimum atomic E-state index is -0.666. The fraction of sp³-hybridized carbons (Fsp3) is 0.333. The van der Waals surface area contributed by atoms with Crippen LogP contribution in [0.2, 0.25) is 0 Å². The monoisotopic (exact) mass is 288 g/mol. The summed E-state index contributed by atoms with van der Waals surface area (Å²) in [5, 5.41) is 11.1. The van der Waals surface area contributed by atoms with Crippen molar-refractivity contribution < 1.29 is 9.90 Å². The van der Waals surface area contributed by atoms with Crippen LogP contribution < -0.4 is 11.3 Å². The number of rotatable bonds is 4. The third-order valence-corrected chi connectivity index (χ3v) is 3.70. The summed E-state index contributed by atoms with van der Waals surface area (Å²) in [5.41, 5.74) is 2.14. The molecule has 112 valence electrons. The molecule has 0 atom stereocenters. The highest BCUT2D eigenvalue weighted by molar-refractivity contribution is 6.00. The lowest BCUT2D eigenvalue weighted by Gasteiger charge is -2.33. The average Bonchev–Trinajstić information content (AvgIpc) is 2.52. The molecule has 0 aliphatic rings. The average molecular weight is 288 g/mol. The first kappa shape index (κ1) is 15.2. The van der Waals surface area contributed by atoms with E-state index in [1.807, 2.05) is 24.3 Å². The van der Waals surface area contributed by atoms with Crippen molar-refractivity contribution in [2.45, 2.75) is 19.4 Å². The number of nitrogens with two attached hydrogens (primary N) is 1. The largest absolute Gasteiger partial charge is 0.394 e. The van der Waals surface area contributed by atoms with Gasteiger partial charge in [0.1, 0.15) is 11.5 Å². The number of aliphatic hydroxyl groups excluding tert-OH is 1. The predicted molar refractivity (Wildman–Crippen MR) is 82.8 cm³/mol. The van der Waals surface area contributed by atoms with Crippen LogP contribution in [0, 0.1) is 0 Å². The Morgan fingerprint density at radius 3 is 2.71 bits per heavy atom. The number of amides is 1. The minimum Gasteiger partial charge on any atom is -0.394 e. The van der Waals surface area contributed by atoms with Gasteiger partial charge in [-0.25, -0.2) is 10.8 Å². The molecule has 21 heavy (non-hydrogen) atoms. The standard InChI is InChI=1S/C15H20N4O2/c1-15(2,9-20)19(3)14(21)12-8-10-6-4-5-7-11(10)13(17-12)18-16/h4-8,20H,9,16H2,1-3H3,(H,17,18). The van der Waals surface area contributed by atoms with Gasteiger partial charge in [-0.2, -0.15) is 0 Å². The Morgan fingerprint density at radius 1 is 1.43 bits per heavy atom. The van der Waals surface area contributed by atoms with E-state index in [2.05, 4.69) is 10.4 Å². The molecule has 1 aromatic carbocycles. The van der Waals surface area contributed by atoms with Gasteiger partial charge in [-0.3, -0.25) is 4.79 Å². The Hall–Kier alpha value is -2.18. The Balaban J connectivity index is 2.49. The van der Waals surface area contributed by atoms with Gasteiger partial charge >= 0.3 is 0 Å². The number of carbonyl (C=O) groups is 1. The van der Waals surface area contributed by atoms with Gasteiger partial charge in [0.15, 0.2) is 0 Å². The number of hydrogen-bond acceptors (Lipinski definition) is 5. The molecule has 1 aromatic heterocycles. The topological polar surface area (TPSA) is 91.5 Å². The van der Waals surface area contributed by atoms with Gasteiger partial charge in [0.2, 0.25) is 0 Å². The SMILES string of the molecule is CN(C(=O)c1cc2ccccc2c(NN)n1)C(C)(C)CO. The molecule has 2 rings (SSSR count). The Bertz CT molecular complexity index is 670. The van der Waals surface area contributed by atoms with Crippen molar-refractivity contribution in [3.05, 3.63) is 36.0 Å². The van der Waals surface area contributed by atoms with Crippen molar-refractivity contribution >= 4 is 22.5 Å². The van der Waals surface area contributed by atoms with Crippen LogP contribution in [0.25, 0.3) is 10.8 Å². The molecule has 4 N–H and O–H groups in total. The highest BCUT2D eigenvalue weighted by atomic mass is 16.3. The molecule has 0 spiro atoms. The molecule has 0 saturated carbocycles. The molecule has 0 fully saturated rings. The van der Waals surface area contributed by atoms with Crippen LogP contribution in [0.3, 0.4) is 0 Å². The Morgan fingerprint density at radius 2 is 2.10 bits per heavy atom. The van der Waals surface area contributed by atoms with Crippen LogP contribution in [0.15, 0.2) is 30.3 Å². The zero-order valence-corrected chi connectivity index (χ0v) is 12.4. The number of aliphatic hydroxyl groups is 1. The lowest BCUT2D eigenvalue weighted by Crippen LogP contribution is -2.47. The van der Waals surface area contributed by atoms with Crippen LogP contribution in [0.5, 0.6) is 0 Å². The van der Waals surface area contributed by atoms with Gasteiger partial charge in [-0.1, -0.05) is 24.3 Å². The van der Waals surface area contributed by atoms with E-state index in [0.717, 1.165) is 10.8 Å². The van der Waals surface area contributed by atoms with E-state index in [1.165, 1.54) is 4.90 Å². The van der Waals surface area contributed by atoms with Crippen molar-refractivity contribution in [1.29, 1.82) is 0 Å². The second-order valence-electron chi connectivity index (χ2n) is 5.56. The van der Waals surface area contributed by atoms with Crippen molar-refractivity contribution in [3.63, 3.8) is 0 Å². The number of pyridine rings is 1. The molecule has 0 saturated heterocycles. The minimum absolute atomic E-state index is 0.134. The third kappa shape index (κ3) is 2.81. The van der Waals surface area contributed by atoms with E-state index < -0.39 is 5.54 Å². The molecule has 0 bridgehead atoms. The van der Waals surface area contributed by atoms with Gasteiger partial charge < -0.3 is 15.4 Å². The summed E-state index contributed by atoms with van der Waals surface area (Å²) in [7, 11) is 1.64. The van der Waals surface area contributed by atoms with Crippen molar-refractivity contribution in [1.82, 2.24) is 9.88 Å². The number of nitrogens with one attached hydrogen (secondary N) is 1. The zero-order valence-electron chi connectivity index (χ0n) is 12.4. The maximum atomic E-state index is 12.5. The summed E-state index contributed by atoms with van der Waals surface area (Å²) in [6.45, 7) is 3.44. The normalized spacial score (nSPS) is 11.5. The van der Waals surface area contributed by atoms with E-state index in [0.29, 0.717) is 5.82 Å². The number of fused-ring (bicyclic) bond motifs is 1. The van der Waals surface area contributed by atoms with Crippen molar-refractivity contribution in [2.24, 2.45) is 5.84 Å². The first-order valence-corrected chi connectivity index (χ1v) is 6.66. The molecule has 6 nitrogen and oxygen atoms in total. The van der Waals surface area contributed by atoms with Crippen molar-refractivity contribution in [3.8, 4) is 0 Å². The lowest BCUT2D eigenvalue weighted by molar-refractivity contribution is 0.0468. The van der Waals surface area contributed by atoms with E-state index in [9.17, 15) is 9.90 Å². The van der Waals surface area contributed by atoms with Gasteiger partial charge in [0.05, 0.1) is 12.1 Å². The summed E-state index contributed by atoms with van der Waals surface area (Å²) >= 11 is 0. The number of nitrogens with zero attached hydrogens (tertiary/aromatic N) is 2. The Labute approximate surface area is 123 Å². The van der Waals surface area contributed by atoms with Crippen LogP contribution in [-0.4, -0.2) is 40.1 Å². The molecule has 1 heterocycles. The molecule has 0 unspecified atom stereocenters. The molecular formula is C15H20N4O2. The number of hydrazine groups is 1. The van der Waals surface area contributed by atoms with Gasteiger partial charge in [-0.05, 0) is 25.3 Å². The first-order chi connectivity index (χ1) is 9.90. The predicted octanol–water partition coefficient (Wildman–Crippen LogP) is 1.36. The number of benzene rings is 1. The molecule has 0 radical (unpaired) electrons.